The summed E-state index contributed by atoms with van der Waals surface area (Å²) >= 11 is 1.29. The van der Waals surface area contributed by atoms with E-state index in [9.17, 15) is 4.79 Å². The highest BCUT2D eigenvalue weighted by Crippen LogP contribution is 2.27. The Morgan fingerprint density at radius 3 is 2.62 bits per heavy atom. The number of nitrogens with one attached hydrogen (secondary N) is 1. The van der Waals surface area contributed by atoms with Gasteiger partial charge in [-0.1, -0.05) is 54.2 Å². The third kappa shape index (κ3) is 4.69. The van der Waals surface area contributed by atoms with E-state index in [1.807, 2.05) is 77.4 Å². The van der Waals surface area contributed by atoms with E-state index in [2.05, 4.69) is 30.7 Å². The van der Waals surface area contributed by atoms with Crippen molar-refractivity contribution in [3.8, 4) is 17.1 Å². The molecule has 2 aromatic carbocycles. The zero-order chi connectivity index (χ0) is 23.2. The van der Waals surface area contributed by atoms with Gasteiger partial charge >= 0.3 is 0 Å². The fourth-order valence-electron chi connectivity index (χ4n) is 3.43. The van der Waals surface area contributed by atoms with Crippen LogP contribution in [0.1, 0.15) is 5.56 Å². The van der Waals surface area contributed by atoms with Crippen molar-refractivity contribution in [3.05, 3.63) is 97.0 Å². The lowest BCUT2D eigenvalue weighted by atomic mass is 10.1. The van der Waals surface area contributed by atoms with Crippen LogP contribution in [0.15, 0.2) is 102 Å². The minimum absolute atomic E-state index is 0.131. The molecule has 0 radical (unpaired) electrons. The largest absolute Gasteiger partial charge is 0.272 e. The second kappa shape index (κ2) is 10.1. The maximum Gasteiger partial charge on any atom is 0.250 e. The Bertz CT molecular complexity index is 1450. The van der Waals surface area contributed by atoms with Crippen LogP contribution < -0.4 is 5.43 Å². The number of hydrogen-bond acceptors (Lipinski definition) is 7. The van der Waals surface area contributed by atoms with E-state index < -0.39 is 0 Å². The van der Waals surface area contributed by atoms with Gasteiger partial charge in [0.15, 0.2) is 11.0 Å². The van der Waals surface area contributed by atoms with Crippen molar-refractivity contribution in [2.75, 3.05) is 5.75 Å². The molecule has 9 heteroatoms. The molecule has 0 spiro atoms. The first kappa shape index (κ1) is 21.5. The maximum absolute atomic E-state index is 12.5. The van der Waals surface area contributed by atoms with Gasteiger partial charge in [0.1, 0.15) is 0 Å². The summed E-state index contributed by atoms with van der Waals surface area (Å²) in [6, 6.07) is 23.2. The molecule has 1 N–H and O–H groups in total. The molecule has 5 rings (SSSR count). The van der Waals surface area contributed by atoms with E-state index in [-0.39, 0.29) is 11.7 Å². The van der Waals surface area contributed by atoms with E-state index in [4.69, 9.17) is 0 Å². The van der Waals surface area contributed by atoms with Crippen molar-refractivity contribution in [2.24, 2.45) is 5.10 Å². The normalized spacial score (nSPS) is 11.2. The first-order valence-electron chi connectivity index (χ1n) is 10.5. The van der Waals surface area contributed by atoms with Crippen molar-refractivity contribution in [1.29, 1.82) is 0 Å². The highest BCUT2D eigenvalue weighted by atomic mass is 32.2. The number of pyridine rings is 2. The number of hydrogen-bond donors (Lipinski definition) is 1. The van der Waals surface area contributed by atoms with E-state index in [1.54, 1.807) is 24.8 Å². The quantitative estimate of drug-likeness (QED) is 0.221. The number of rotatable bonds is 7. The summed E-state index contributed by atoms with van der Waals surface area (Å²) in [4.78, 5) is 20.9. The Balaban J connectivity index is 1.31. The van der Waals surface area contributed by atoms with Crippen LogP contribution in [0.25, 0.3) is 28.0 Å². The highest BCUT2D eigenvalue weighted by Gasteiger charge is 2.17. The standard InChI is InChI=1S/C25H19N7OS/c33-22(29-28-16-20-7-4-6-18-8-5-13-27-23(18)20)17-34-25-31-30-24(19-11-14-26-15-12-19)32(25)21-9-2-1-3-10-21/h1-16H,17H2,(H,29,33)/b28-16+. The number of amides is 1. The number of carbonyl (C=O) groups is 1. The van der Waals surface area contributed by atoms with Crippen LogP contribution in [-0.4, -0.2) is 42.6 Å². The molecular formula is C25H19N7OS. The molecule has 0 saturated carbocycles. The lowest BCUT2D eigenvalue weighted by molar-refractivity contribution is -0.118. The summed E-state index contributed by atoms with van der Waals surface area (Å²) in [7, 11) is 0. The number of para-hydroxylation sites is 2. The summed E-state index contributed by atoms with van der Waals surface area (Å²) in [6.45, 7) is 0. The lowest BCUT2D eigenvalue weighted by Crippen LogP contribution is -2.20. The molecule has 166 valence electrons. The monoisotopic (exact) mass is 465 g/mol. The summed E-state index contributed by atoms with van der Waals surface area (Å²) in [5, 5.41) is 14.4. The Kier molecular flexibility index (Phi) is 6.35. The number of carbonyl (C=O) groups excluding carboxylic acids is 1. The Hall–Kier alpha value is -4.37. The third-order valence-corrected chi connectivity index (χ3v) is 5.90. The summed E-state index contributed by atoms with van der Waals surface area (Å²) in [6.07, 6.45) is 6.76. The topological polar surface area (TPSA) is 98.0 Å². The van der Waals surface area contributed by atoms with Gasteiger partial charge in [-0.05, 0) is 30.3 Å². The molecule has 0 aliphatic rings. The van der Waals surface area contributed by atoms with Crippen LogP contribution in [0.5, 0.6) is 0 Å². The lowest BCUT2D eigenvalue weighted by Gasteiger charge is -2.10. The summed E-state index contributed by atoms with van der Waals surface area (Å²) < 4.78 is 1.93. The molecule has 0 bridgehead atoms. The molecule has 0 atom stereocenters. The average Bonchev–Trinajstić information content (AvgIpc) is 3.33. The van der Waals surface area contributed by atoms with Crippen LogP contribution in [0.2, 0.25) is 0 Å². The second-order valence-electron chi connectivity index (χ2n) is 7.22. The number of nitrogens with zero attached hydrogens (tertiary/aromatic N) is 6. The number of fused-ring (bicyclic) bond motifs is 1. The van der Waals surface area contributed by atoms with Crippen LogP contribution >= 0.6 is 11.8 Å². The highest BCUT2D eigenvalue weighted by molar-refractivity contribution is 7.99. The SMILES string of the molecule is O=C(CSc1nnc(-c2ccncc2)n1-c1ccccc1)N/N=C/c1cccc2cccnc12. The number of hydrazone groups is 1. The zero-order valence-electron chi connectivity index (χ0n) is 17.9. The zero-order valence-corrected chi connectivity index (χ0v) is 18.8. The van der Waals surface area contributed by atoms with Gasteiger partial charge in [-0.3, -0.25) is 19.3 Å². The van der Waals surface area contributed by atoms with E-state index in [1.165, 1.54) is 11.8 Å². The molecule has 3 aromatic heterocycles. The minimum atomic E-state index is -0.248. The van der Waals surface area contributed by atoms with Crippen LogP contribution in [0.3, 0.4) is 0 Å². The molecule has 3 heterocycles. The first-order valence-corrected chi connectivity index (χ1v) is 11.5. The fraction of sp³-hybridized carbons (Fsp3) is 0.0400. The van der Waals surface area contributed by atoms with Crippen molar-refractivity contribution in [2.45, 2.75) is 5.16 Å². The second-order valence-corrected chi connectivity index (χ2v) is 8.16. The molecule has 1 amide bonds. The smallest absolute Gasteiger partial charge is 0.250 e. The Labute approximate surface area is 199 Å². The Morgan fingerprint density at radius 2 is 1.76 bits per heavy atom. The number of thioether (sulfide) groups is 1. The minimum Gasteiger partial charge on any atom is -0.272 e. The van der Waals surface area contributed by atoms with Crippen molar-refractivity contribution in [3.63, 3.8) is 0 Å². The molecule has 0 saturated heterocycles. The summed E-state index contributed by atoms with van der Waals surface area (Å²) in [5.74, 6) is 0.562. The molecule has 0 aliphatic carbocycles. The molecular weight excluding hydrogens is 446 g/mol. The van der Waals surface area contributed by atoms with Crippen LogP contribution in [-0.2, 0) is 4.79 Å². The van der Waals surface area contributed by atoms with Crippen molar-refractivity contribution < 1.29 is 4.79 Å². The first-order chi connectivity index (χ1) is 16.8. The van der Waals surface area contributed by atoms with Gasteiger partial charge in [-0.15, -0.1) is 10.2 Å². The van der Waals surface area contributed by atoms with Crippen LogP contribution in [0, 0.1) is 0 Å². The van der Waals surface area contributed by atoms with Gasteiger partial charge in [0.2, 0.25) is 0 Å². The van der Waals surface area contributed by atoms with Crippen LogP contribution in [0.4, 0.5) is 0 Å². The molecule has 34 heavy (non-hydrogen) atoms. The van der Waals surface area contributed by atoms with Crippen molar-refractivity contribution >= 4 is 34.8 Å². The molecule has 8 nitrogen and oxygen atoms in total. The molecule has 5 aromatic rings. The summed E-state index contributed by atoms with van der Waals surface area (Å²) in [5.41, 5.74) is 6.03. The molecule has 0 fully saturated rings. The Morgan fingerprint density at radius 1 is 0.941 bits per heavy atom. The average molecular weight is 466 g/mol. The van der Waals surface area contributed by atoms with E-state index >= 15 is 0 Å². The maximum atomic E-state index is 12.5. The van der Waals surface area contributed by atoms with Gasteiger partial charge in [-0.2, -0.15) is 5.10 Å². The van der Waals surface area contributed by atoms with Crippen molar-refractivity contribution in [1.82, 2.24) is 30.2 Å². The predicted octanol–water partition coefficient (Wildman–Crippen LogP) is 4.12. The van der Waals surface area contributed by atoms with E-state index in [0.717, 1.165) is 27.7 Å². The van der Waals surface area contributed by atoms with Gasteiger partial charge in [0.05, 0.1) is 17.5 Å². The molecule has 0 aliphatic heterocycles. The third-order valence-electron chi connectivity index (χ3n) is 4.98. The van der Waals surface area contributed by atoms with Gasteiger partial charge in [0, 0.05) is 40.8 Å². The van der Waals surface area contributed by atoms with Gasteiger partial charge < -0.3 is 0 Å². The van der Waals surface area contributed by atoms with Gasteiger partial charge in [0.25, 0.3) is 5.91 Å². The number of aromatic nitrogens is 5. The number of benzene rings is 2. The van der Waals surface area contributed by atoms with E-state index in [0.29, 0.717) is 11.0 Å². The fourth-order valence-corrected chi connectivity index (χ4v) is 4.17. The molecule has 0 unspecified atom stereocenters. The predicted molar refractivity (Wildman–Crippen MR) is 133 cm³/mol. The van der Waals surface area contributed by atoms with Gasteiger partial charge in [-0.25, -0.2) is 5.43 Å².